The monoisotopic (exact) mass is 412 g/mol. The van der Waals surface area contributed by atoms with E-state index in [1.165, 1.54) is 6.21 Å². The van der Waals surface area contributed by atoms with Crippen LogP contribution in [0.2, 0.25) is 0 Å². The van der Waals surface area contributed by atoms with Crippen molar-refractivity contribution < 1.29 is 33.7 Å². The Morgan fingerprint density at radius 2 is 1.87 bits per heavy atom. The van der Waals surface area contributed by atoms with Crippen molar-refractivity contribution in [3.05, 3.63) is 53.6 Å². The molecule has 2 aromatic rings. The molecule has 10 heteroatoms. The van der Waals surface area contributed by atoms with Gasteiger partial charge in [-0.25, -0.2) is 5.43 Å². The van der Waals surface area contributed by atoms with Crippen LogP contribution in [0.5, 0.6) is 17.2 Å². The minimum absolute atomic E-state index is 0.270. The van der Waals surface area contributed by atoms with E-state index in [0.29, 0.717) is 35.8 Å². The summed E-state index contributed by atoms with van der Waals surface area (Å²) in [5.74, 6) is -1.05. The summed E-state index contributed by atoms with van der Waals surface area (Å²) < 4.78 is 15.9. The maximum atomic E-state index is 12.2. The molecule has 0 spiro atoms. The van der Waals surface area contributed by atoms with Crippen LogP contribution in [0.15, 0.2) is 47.6 Å². The molecule has 156 valence electrons. The van der Waals surface area contributed by atoms with Gasteiger partial charge in [0.2, 0.25) is 0 Å². The molecule has 0 atom stereocenters. The van der Waals surface area contributed by atoms with Gasteiger partial charge in [-0.05, 0) is 30.3 Å². The molecule has 0 aliphatic carbocycles. The quantitative estimate of drug-likeness (QED) is 0.439. The van der Waals surface area contributed by atoms with E-state index in [2.05, 4.69) is 15.8 Å². The normalized spacial score (nSPS) is 12.3. The second kappa shape index (κ2) is 9.92. The van der Waals surface area contributed by atoms with Gasteiger partial charge in [-0.2, -0.15) is 5.10 Å². The third kappa shape index (κ3) is 5.71. The van der Waals surface area contributed by atoms with Crippen molar-refractivity contribution in [3.8, 4) is 17.2 Å². The Hall–Kier alpha value is -4.08. The van der Waals surface area contributed by atoms with Crippen LogP contribution in [0, 0.1) is 0 Å². The molecule has 0 unspecified atom stereocenters. The lowest BCUT2D eigenvalue weighted by Crippen LogP contribution is -2.35. The van der Waals surface area contributed by atoms with Gasteiger partial charge in [0.15, 0.2) is 11.5 Å². The SMILES string of the molecule is O=C([O-])COc1ccccc1/C=N\NC(=O)CNC(=O)c1ccc2c(c1)OCCO2. The molecular weight excluding hydrogens is 394 g/mol. The van der Waals surface area contributed by atoms with Crippen molar-refractivity contribution in [1.82, 2.24) is 10.7 Å². The summed E-state index contributed by atoms with van der Waals surface area (Å²) in [5, 5.41) is 16.8. The number of hydrogen-bond donors (Lipinski definition) is 2. The molecular formula is C20H18N3O7-. The molecule has 2 N–H and O–H groups in total. The number of carbonyl (C=O) groups is 3. The molecule has 2 amide bonds. The summed E-state index contributed by atoms with van der Waals surface area (Å²) in [6.45, 7) is -0.0526. The van der Waals surface area contributed by atoms with Gasteiger partial charge >= 0.3 is 0 Å². The number of ether oxygens (including phenoxy) is 3. The maximum Gasteiger partial charge on any atom is 0.259 e. The van der Waals surface area contributed by atoms with Gasteiger partial charge in [-0.15, -0.1) is 0 Å². The molecule has 0 saturated heterocycles. The van der Waals surface area contributed by atoms with Crippen molar-refractivity contribution in [3.63, 3.8) is 0 Å². The van der Waals surface area contributed by atoms with Crippen LogP contribution in [0.1, 0.15) is 15.9 Å². The topological polar surface area (TPSA) is 138 Å². The van der Waals surface area contributed by atoms with E-state index >= 15 is 0 Å². The summed E-state index contributed by atoms with van der Waals surface area (Å²) >= 11 is 0. The molecule has 0 radical (unpaired) electrons. The highest BCUT2D eigenvalue weighted by atomic mass is 16.6. The molecule has 1 aliphatic rings. The van der Waals surface area contributed by atoms with E-state index in [0.717, 1.165) is 0 Å². The van der Waals surface area contributed by atoms with Gasteiger partial charge in [0.25, 0.3) is 11.8 Å². The average molecular weight is 412 g/mol. The first-order valence-corrected chi connectivity index (χ1v) is 8.94. The lowest BCUT2D eigenvalue weighted by Gasteiger charge is -2.18. The first-order valence-electron chi connectivity index (χ1n) is 8.94. The van der Waals surface area contributed by atoms with Crippen molar-refractivity contribution in [2.75, 3.05) is 26.4 Å². The number of rotatable bonds is 8. The maximum absolute atomic E-state index is 12.2. The lowest BCUT2D eigenvalue weighted by molar-refractivity contribution is -0.307. The lowest BCUT2D eigenvalue weighted by atomic mass is 10.2. The first-order chi connectivity index (χ1) is 14.5. The average Bonchev–Trinajstić information content (AvgIpc) is 2.76. The molecule has 0 saturated carbocycles. The molecule has 1 heterocycles. The molecule has 0 aromatic heterocycles. The molecule has 10 nitrogen and oxygen atoms in total. The van der Waals surface area contributed by atoms with Crippen molar-refractivity contribution in [1.29, 1.82) is 0 Å². The van der Waals surface area contributed by atoms with Crippen LogP contribution < -0.4 is 30.1 Å². The number of nitrogens with zero attached hydrogens (tertiary/aromatic N) is 1. The van der Waals surface area contributed by atoms with E-state index in [9.17, 15) is 19.5 Å². The number of nitrogens with one attached hydrogen (secondary N) is 2. The van der Waals surface area contributed by atoms with Gasteiger partial charge < -0.3 is 29.4 Å². The summed E-state index contributed by atoms with van der Waals surface area (Å²) in [6.07, 6.45) is 1.30. The van der Waals surface area contributed by atoms with E-state index in [4.69, 9.17) is 14.2 Å². The Bertz CT molecular complexity index is 975. The number of hydrogen-bond acceptors (Lipinski definition) is 8. The van der Waals surface area contributed by atoms with Crippen LogP contribution in [0.25, 0.3) is 0 Å². The molecule has 0 bridgehead atoms. The summed E-state index contributed by atoms with van der Waals surface area (Å²) in [4.78, 5) is 34.6. The number of amides is 2. The number of fused-ring (bicyclic) bond motifs is 1. The molecule has 1 aliphatic heterocycles. The second-order valence-corrected chi connectivity index (χ2v) is 6.03. The predicted molar refractivity (Wildman–Crippen MR) is 102 cm³/mol. The van der Waals surface area contributed by atoms with Crippen LogP contribution in [-0.4, -0.2) is 50.4 Å². The summed E-state index contributed by atoms with van der Waals surface area (Å²) in [6, 6.07) is 11.3. The van der Waals surface area contributed by atoms with E-state index < -0.39 is 24.4 Å². The zero-order valence-corrected chi connectivity index (χ0v) is 15.8. The van der Waals surface area contributed by atoms with Crippen LogP contribution in [0.4, 0.5) is 0 Å². The fraction of sp³-hybridized carbons (Fsp3) is 0.200. The molecule has 2 aromatic carbocycles. The highest BCUT2D eigenvalue weighted by Crippen LogP contribution is 2.30. The number of carboxylic acids is 1. The zero-order chi connectivity index (χ0) is 21.3. The second-order valence-electron chi connectivity index (χ2n) is 6.03. The number of aliphatic carboxylic acids is 1. The Labute approximate surface area is 171 Å². The fourth-order valence-electron chi connectivity index (χ4n) is 2.52. The number of hydrazone groups is 1. The molecule has 30 heavy (non-hydrogen) atoms. The minimum Gasteiger partial charge on any atom is -0.546 e. The van der Waals surface area contributed by atoms with Gasteiger partial charge in [0.05, 0.1) is 18.7 Å². The summed E-state index contributed by atoms with van der Waals surface area (Å²) in [5.41, 5.74) is 3.05. The Morgan fingerprint density at radius 1 is 1.10 bits per heavy atom. The number of benzene rings is 2. The van der Waals surface area contributed by atoms with Crippen molar-refractivity contribution in [2.24, 2.45) is 5.10 Å². The smallest absolute Gasteiger partial charge is 0.259 e. The van der Waals surface area contributed by atoms with E-state index in [1.807, 2.05) is 0 Å². The fourth-order valence-corrected chi connectivity index (χ4v) is 2.52. The van der Waals surface area contributed by atoms with Gasteiger partial charge in [-0.3, -0.25) is 9.59 Å². The Balaban J connectivity index is 1.49. The molecule has 0 fully saturated rings. The third-order valence-corrected chi connectivity index (χ3v) is 3.87. The predicted octanol–water partition coefficient (Wildman–Crippen LogP) is -0.533. The van der Waals surface area contributed by atoms with Gasteiger partial charge in [0, 0.05) is 11.1 Å². The summed E-state index contributed by atoms with van der Waals surface area (Å²) in [7, 11) is 0. The number of carboxylic acid groups (broad SMARTS) is 1. The third-order valence-electron chi connectivity index (χ3n) is 3.87. The van der Waals surface area contributed by atoms with E-state index in [-0.39, 0.29) is 12.3 Å². The highest BCUT2D eigenvalue weighted by Gasteiger charge is 2.15. The first kappa shape index (κ1) is 20.6. The van der Waals surface area contributed by atoms with Gasteiger partial charge in [0.1, 0.15) is 25.6 Å². The van der Waals surface area contributed by atoms with E-state index in [1.54, 1.807) is 42.5 Å². The Kier molecular flexibility index (Phi) is 6.83. The molecule has 3 rings (SSSR count). The zero-order valence-electron chi connectivity index (χ0n) is 15.8. The van der Waals surface area contributed by atoms with Crippen LogP contribution in [0.3, 0.4) is 0 Å². The standard InChI is InChI=1S/C20H19N3O7/c24-18(23-22-10-14-3-1-2-4-15(14)30-12-19(25)26)11-21-20(27)13-5-6-16-17(9-13)29-8-7-28-16/h1-6,9-10H,7-8,11-12H2,(H,21,27)(H,23,24)(H,25,26)/p-1/b22-10-. The minimum atomic E-state index is -1.36. The Morgan fingerprint density at radius 3 is 2.67 bits per heavy atom. The van der Waals surface area contributed by atoms with Crippen LogP contribution in [-0.2, 0) is 9.59 Å². The van der Waals surface area contributed by atoms with Gasteiger partial charge in [-0.1, -0.05) is 12.1 Å². The number of para-hydroxylation sites is 1. The highest BCUT2D eigenvalue weighted by molar-refractivity contribution is 5.97. The van der Waals surface area contributed by atoms with Crippen LogP contribution >= 0.6 is 0 Å². The van der Waals surface area contributed by atoms with Crippen molar-refractivity contribution >= 4 is 24.0 Å². The largest absolute Gasteiger partial charge is 0.546 e. The van der Waals surface area contributed by atoms with Crippen molar-refractivity contribution in [2.45, 2.75) is 0 Å². The number of carbonyl (C=O) groups excluding carboxylic acids is 3.